The standard InChI is InChI=1S/C20H21ClN4O4S/c1-14-6-4-5-7-17(14)20-22-18(29-23-20)12-24(2)19(26)13-25(3)30(27,28)16-10-8-15(21)9-11-16/h4-11H,12-13H2,1-3H3. The average molecular weight is 449 g/mol. The van der Waals surface area contributed by atoms with Crippen LogP contribution in [0.15, 0.2) is 57.9 Å². The van der Waals surface area contributed by atoms with Gasteiger partial charge in [-0.15, -0.1) is 0 Å². The van der Waals surface area contributed by atoms with Crippen molar-refractivity contribution < 1.29 is 17.7 Å². The molecule has 158 valence electrons. The Morgan fingerprint density at radius 3 is 2.43 bits per heavy atom. The highest BCUT2D eigenvalue weighted by atomic mass is 35.5. The smallest absolute Gasteiger partial charge is 0.246 e. The van der Waals surface area contributed by atoms with Crippen molar-refractivity contribution in [2.45, 2.75) is 18.4 Å². The average Bonchev–Trinajstić information content (AvgIpc) is 3.16. The highest BCUT2D eigenvalue weighted by molar-refractivity contribution is 7.89. The number of benzene rings is 2. The van der Waals surface area contributed by atoms with Crippen molar-refractivity contribution in [1.82, 2.24) is 19.3 Å². The van der Waals surface area contributed by atoms with Crippen molar-refractivity contribution >= 4 is 27.5 Å². The summed E-state index contributed by atoms with van der Waals surface area (Å²) in [6, 6.07) is 13.4. The second-order valence-electron chi connectivity index (χ2n) is 6.79. The third-order valence-corrected chi connectivity index (χ3v) is 6.60. The van der Waals surface area contributed by atoms with E-state index in [1.165, 1.54) is 36.2 Å². The van der Waals surface area contributed by atoms with Crippen LogP contribution >= 0.6 is 11.6 Å². The summed E-state index contributed by atoms with van der Waals surface area (Å²) >= 11 is 5.80. The molecule has 10 heteroatoms. The first-order valence-electron chi connectivity index (χ1n) is 9.03. The minimum absolute atomic E-state index is 0.0598. The van der Waals surface area contributed by atoms with Crippen LogP contribution in [0, 0.1) is 6.92 Å². The summed E-state index contributed by atoms with van der Waals surface area (Å²) in [7, 11) is -0.928. The largest absolute Gasteiger partial charge is 0.337 e. The topological polar surface area (TPSA) is 96.6 Å². The second-order valence-corrected chi connectivity index (χ2v) is 9.27. The minimum atomic E-state index is -3.82. The molecule has 0 N–H and O–H groups in total. The van der Waals surface area contributed by atoms with Gasteiger partial charge in [0.1, 0.15) is 0 Å². The Bertz CT molecular complexity index is 1150. The van der Waals surface area contributed by atoms with Gasteiger partial charge in [0.15, 0.2) is 0 Å². The number of aryl methyl sites for hydroxylation is 1. The SMILES string of the molecule is Cc1ccccc1-c1noc(CN(C)C(=O)CN(C)S(=O)(=O)c2ccc(Cl)cc2)n1. The number of halogens is 1. The number of likely N-dealkylation sites (N-methyl/N-ethyl adjacent to an activating group) is 2. The zero-order valence-electron chi connectivity index (χ0n) is 16.7. The predicted octanol–water partition coefficient (Wildman–Crippen LogP) is 2.98. The maximum absolute atomic E-state index is 12.6. The lowest BCUT2D eigenvalue weighted by Gasteiger charge is -2.20. The molecule has 1 amide bonds. The van der Waals surface area contributed by atoms with Gasteiger partial charge in [-0.2, -0.15) is 9.29 Å². The van der Waals surface area contributed by atoms with Crippen molar-refractivity contribution in [2.24, 2.45) is 0 Å². The van der Waals surface area contributed by atoms with Gasteiger partial charge in [-0.05, 0) is 36.8 Å². The van der Waals surface area contributed by atoms with Gasteiger partial charge < -0.3 is 9.42 Å². The monoisotopic (exact) mass is 448 g/mol. The molecule has 0 atom stereocenters. The summed E-state index contributed by atoms with van der Waals surface area (Å²) in [6.07, 6.45) is 0. The van der Waals surface area contributed by atoms with Gasteiger partial charge in [0.25, 0.3) is 0 Å². The van der Waals surface area contributed by atoms with E-state index in [4.69, 9.17) is 16.1 Å². The van der Waals surface area contributed by atoms with Gasteiger partial charge in [-0.1, -0.05) is 41.0 Å². The number of rotatable bonds is 7. The molecule has 3 aromatic rings. The Morgan fingerprint density at radius 2 is 1.77 bits per heavy atom. The molecule has 0 saturated heterocycles. The fraction of sp³-hybridized carbons (Fsp3) is 0.250. The quantitative estimate of drug-likeness (QED) is 0.551. The maximum atomic E-state index is 12.6. The van der Waals surface area contributed by atoms with E-state index in [-0.39, 0.29) is 23.9 Å². The lowest BCUT2D eigenvalue weighted by Crippen LogP contribution is -2.39. The van der Waals surface area contributed by atoms with Crippen LogP contribution in [0.5, 0.6) is 0 Å². The normalized spacial score (nSPS) is 11.6. The lowest BCUT2D eigenvalue weighted by molar-refractivity contribution is -0.130. The molecule has 0 spiro atoms. The second kappa shape index (κ2) is 8.95. The van der Waals surface area contributed by atoms with Crippen molar-refractivity contribution in [3.8, 4) is 11.4 Å². The molecule has 0 unspecified atom stereocenters. The Morgan fingerprint density at radius 1 is 1.10 bits per heavy atom. The first kappa shape index (κ1) is 21.9. The van der Waals surface area contributed by atoms with Crippen LogP contribution in [0.3, 0.4) is 0 Å². The Kier molecular flexibility index (Phi) is 6.55. The van der Waals surface area contributed by atoms with Crippen LogP contribution in [-0.4, -0.2) is 54.3 Å². The predicted molar refractivity (Wildman–Crippen MR) is 112 cm³/mol. The van der Waals surface area contributed by atoms with Crippen LogP contribution in [-0.2, 0) is 21.4 Å². The number of carbonyl (C=O) groups excluding carboxylic acids is 1. The van der Waals surface area contributed by atoms with Crippen LogP contribution in [0.1, 0.15) is 11.5 Å². The Labute approximate surface area is 180 Å². The highest BCUT2D eigenvalue weighted by Crippen LogP contribution is 2.20. The summed E-state index contributed by atoms with van der Waals surface area (Å²) < 4.78 is 31.5. The molecule has 0 aliphatic carbocycles. The zero-order chi connectivity index (χ0) is 21.9. The van der Waals surface area contributed by atoms with Crippen molar-refractivity contribution in [1.29, 1.82) is 0 Å². The third kappa shape index (κ3) is 4.86. The molecule has 30 heavy (non-hydrogen) atoms. The van der Waals surface area contributed by atoms with Crippen LogP contribution in [0.25, 0.3) is 11.4 Å². The van der Waals surface area contributed by atoms with E-state index in [1.807, 2.05) is 31.2 Å². The van der Waals surface area contributed by atoms with Gasteiger partial charge in [0, 0.05) is 24.7 Å². The minimum Gasteiger partial charge on any atom is -0.337 e. The number of hydrogen-bond acceptors (Lipinski definition) is 6. The number of nitrogens with zero attached hydrogens (tertiary/aromatic N) is 4. The van der Waals surface area contributed by atoms with Crippen molar-refractivity contribution in [3.63, 3.8) is 0 Å². The van der Waals surface area contributed by atoms with E-state index in [1.54, 1.807) is 7.05 Å². The zero-order valence-corrected chi connectivity index (χ0v) is 18.3. The van der Waals surface area contributed by atoms with Crippen LogP contribution in [0.2, 0.25) is 5.02 Å². The summed E-state index contributed by atoms with van der Waals surface area (Å²) in [4.78, 5) is 18.3. The maximum Gasteiger partial charge on any atom is 0.246 e. The fourth-order valence-electron chi connectivity index (χ4n) is 2.73. The molecule has 8 nitrogen and oxygen atoms in total. The van der Waals surface area contributed by atoms with E-state index < -0.39 is 15.9 Å². The van der Waals surface area contributed by atoms with Crippen LogP contribution < -0.4 is 0 Å². The molecule has 1 aromatic heterocycles. The third-order valence-electron chi connectivity index (χ3n) is 4.53. The van der Waals surface area contributed by atoms with Crippen molar-refractivity contribution in [3.05, 3.63) is 65.0 Å². The molecule has 0 fully saturated rings. The Hall–Kier alpha value is -2.75. The number of sulfonamides is 1. The molecule has 0 aliphatic rings. The molecule has 2 aromatic carbocycles. The first-order chi connectivity index (χ1) is 14.2. The van der Waals surface area contributed by atoms with E-state index in [0.717, 1.165) is 15.4 Å². The van der Waals surface area contributed by atoms with Crippen molar-refractivity contribution in [2.75, 3.05) is 20.6 Å². The molecular formula is C20H21ClN4O4S. The molecule has 0 bridgehead atoms. The summed E-state index contributed by atoms with van der Waals surface area (Å²) in [5, 5.41) is 4.39. The molecular weight excluding hydrogens is 428 g/mol. The van der Waals surface area contributed by atoms with Gasteiger partial charge in [-0.3, -0.25) is 4.79 Å². The number of hydrogen-bond donors (Lipinski definition) is 0. The van der Waals surface area contributed by atoms with E-state index >= 15 is 0 Å². The summed E-state index contributed by atoms with van der Waals surface area (Å²) in [5.41, 5.74) is 1.85. The fourth-order valence-corrected chi connectivity index (χ4v) is 3.97. The number of carbonyl (C=O) groups is 1. The van der Waals surface area contributed by atoms with Gasteiger partial charge in [0.2, 0.25) is 27.6 Å². The lowest BCUT2D eigenvalue weighted by atomic mass is 10.1. The highest BCUT2D eigenvalue weighted by Gasteiger charge is 2.25. The summed E-state index contributed by atoms with van der Waals surface area (Å²) in [6.45, 7) is 1.67. The number of amides is 1. The molecule has 1 heterocycles. The first-order valence-corrected chi connectivity index (χ1v) is 10.8. The van der Waals surface area contributed by atoms with Gasteiger partial charge >= 0.3 is 0 Å². The van der Waals surface area contributed by atoms with Gasteiger partial charge in [0.05, 0.1) is 18.0 Å². The number of aromatic nitrogens is 2. The van der Waals surface area contributed by atoms with E-state index in [2.05, 4.69) is 10.1 Å². The molecule has 0 radical (unpaired) electrons. The van der Waals surface area contributed by atoms with E-state index in [0.29, 0.717) is 10.8 Å². The van der Waals surface area contributed by atoms with Gasteiger partial charge in [-0.25, -0.2) is 8.42 Å². The molecule has 0 saturated carbocycles. The summed E-state index contributed by atoms with van der Waals surface area (Å²) in [5.74, 6) is 0.282. The van der Waals surface area contributed by atoms with Crippen LogP contribution in [0.4, 0.5) is 0 Å². The molecule has 0 aliphatic heterocycles. The molecule has 3 rings (SSSR count). The Balaban J connectivity index is 1.65. The van der Waals surface area contributed by atoms with E-state index in [9.17, 15) is 13.2 Å².